The lowest BCUT2D eigenvalue weighted by Gasteiger charge is -2.23. The monoisotopic (exact) mass is 414 g/mol. The van der Waals surface area contributed by atoms with Crippen molar-refractivity contribution in [2.24, 2.45) is 10.6 Å². The zero-order chi connectivity index (χ0) is 21.3. The fourth-order valence-corrected chi connectivity index (χ4v) is 4.13. The lowest BCUT2D eigenvalue weighted by Crippen LogP contribution is -2.32. The molecule has 0 atom stereocenters. The molecule has 5 heteroatoms. The van der Waals surface area contributed by atoms with Crippen LogP contribution < -0.4 is 0 Å². The molecule has 0 aromatic rings. The van der Waals surface area contributed by atoms with E-state index in [9.17, 15) is 4.79 Å². The van der Waals surface area contributed by atoms with Gasteiger partial charge in [0.15, 0.2) is 0 Å². The van der Waals surface area contributed by atoms with Gasteiger partial charge < -0.3 is 10.1 Å². The second-order valence-corrected chi connectivity index (χ2v) is 9.90. The molecular weight excluding hydrogens is 368 g/mol. The molecule has 0 saturated carbocycles. The summed E-state index contributed by atoms with van der Waals surface area (Å²) in [6.45, 7) is 12.5. The van der Waals surface area contributed by atoms with Crippen LogP contribution in [-0.2, 0) is 4.79 Å². The molecule has 0 rings (SSSR count). The SMILES string of the molecule is CCCCCCN(CCCCCC)C(=O)CCCCCSC(=NO)C(C)(C)C. The maximum atomic E-state index is 12.7. The third-order valence-corrected chi connectivity index (χ3v) is 6.38. The second kappa shape index (κ2) is 17.2. The first-order valence-corrected chi connectivity index (χ1v) is 12.5. The normalized spacial score (nSPS) is 12.4. The summed E-state index contributed by atoms with van der Waals surface area (Å²) in [5.41, 5.74) is -0.106. The van der Waals surface area contributed by atoms with Crippen molar-refractivity contribution in [1.82, 2.24) is 4.90 Å². The van der Waals surface area contributed by atoms with E-state index in [1.54, 1.807) is 11.8 Å². The minimum absolute atomic E-state index is 0.106. The van der Waals surface area contributed by atoms with Crippen molar-refractivity contribution in [3.05, 3.63) is 0 Å². The van der Waals surface area contributed by atoms with Crippen LogP contribution in [0.5, 0.6) is 0 Å². The van der Waals surface area contributed by atoms with Crippen LogP contribution in [0, 0.1) is 5.41 Å². The highest BCUT2D eigenvalue weighted by Crippen LogP contribution is 2.25. The van der Waals surface area contributed by atoms with Crippen LogP contribution >= 0.6 is 11.8 Å². The fourth-order valence-electron chi connectivity index (χ4n) is 3.10. The predicted molar refractivity (Wildman–Crippen MR) is 124 cm³/mol. The highest BCUT2D eigenvalue weighted by atomic mass is 32.2. The minimum Gasteiger partial charge on any atom is -0.410 e. The van der Waals surface area contributed by atoms with E-state index in [0.717, 1.165) is 56.0 Å². The first-order valence-electron chi connectivity index (χ1n) is 11.5. The summed E-state index contributed by atoms with van der Waals surface area (Å²) in [5, 5.41) is 13.3. The Morgan fingerprint density at radius 3 is 1.86 bits per heavy atom. The van der Waals surface area contributed by atoms with Crippen LogP contribution in [0.3, 0.4) is 0 Å². The number of carbonyl (C=O) groups is 1. The summed E-state index contributed by atoms with van der Waals surface area (Å²) in [6, 6.07) is 0. The molecule has 0 saturated heterocycles. The van der Waals surface area contributed by atoms with Crippen molar-refractivity contribution >= 4 is 22.7 Å². The molecule has 166 valence electrons. The van der Waals surface area contributed by atoms with Gasteiger partial charge in [-0.1, -0.05) is 84.7 Å². The number of carbonyl (C=O) groups excluding carboxylic acids is 1. The molecular formula is C23H46N2O2S. The van der Waals surface area contributed by atoms with Gasteiger partial charge in [-0.05, 0) is 31.4 Å². The quantitative estimate of drug-likeness (QED) is 0.0963. The summed E-state index contributed by atoms with van der Waals surface area (Å²) in [6.07, 6.45) is 13.5. The molecule has 0 radical (unpaired) electrons. The van der Waals surface area contributed by atoms with E-state index in [1.807, 2.05) is 0 Å². The average molecular weight is 415 g/mol. The maximum absolute atomic E-state index is 12.7. The van der Waals surface area contributed by atoms with E-state index in [1.165, 1.54) is 38.5 Å². The van der Waals surface area contributed by atoms with Crippen LogP contribution in [0.1, 0.15) is 112 Å². The molecule has 0 aliphatic carbocycles. The summed E-state index contributed by atoms with van der Waals surface area (Å²) in [4.78, 5) is 14.8. The van der Waals surface area contributed by atoms with Crippen molar-refractivity contribution in [3.63, 3.8) is 0 Å². The van der Waals surface area contributed by atoms with E-state index in [-0.39, 0.29) is 5.41 Å². The Labute approximate surface area is 178 Å². The third kappa shape index (κ3) is 14.3. The van der Waals surface area contributed by atoms with E-state index in [0.29, 0.717) is 12.3 Å². The van der Waals surface area contributed by atoms with Gasteiger partial charge in [-0.15, -0.1) is 11.8 Å². The number of unbranched alkanes of at least 4 members (excludes halogenated alkanes) is 8. The topological polar surface area (TPSA) is 52.9 Å². The van der Waals surface area contributed by atoms with E-state index in [2.05, 4.69) is 44.7 Å². The molecule has 4 nitrogen and oxygen atoms in total. The van der Waals surface area contributed by atoms with Crippen LogP contribution in [0.4, 0.5) is 0 Å². The van der Waals surface area contributed by atoms with Gasteiger partial charge in [0.05, 0.1) is 0 Å². The molecule has 0 heterocycles. The van der Waals surface area contributed by atoms with Gasteiger partial charge >= 0.3 is 0 Å². The molecule has 1 N–H and O–H groups in total. The Balaban J connectivity index is 4.12. The standard InChI is InChI=1S/C23H46N2O2S/c1-6-8-10-14-18-25(19-15-11-9-7-2)21(26)17-13-12-16-20-28-22(24-27)23(3,4)5/h27H,6-20H2,1-5H3. The lowest BCUT2D eigenvalue weighted by atomic mass is 9.99. The van der Waals surface area contributed by atoms with Crippen LogP contribution in [-0.4, -0.2) is 39.9 Å². The van der Waals surface area contributed by atoms with Crippen molar-refractivity contribution in [2.75, 3.05) is 18.8 Å². The number of amides is 1. The summed E-state index contributed by atoms with van der Waals surface area (Å²) >= 11 is 1.63. The highest BCUT2D eigenvalue weighted by Gasteiger charge is 2.20. The largest absolute Gasteiger partial charge is 0.410 e. The van der Waals surface area contributed by atoms with E-state index < -0.39 is 0 Å². The van der Waals surface area contributed by atoms with Gasteiger partial charge in [0, 0.05) is 24.9 Å². The first-order chi connectivity index (χ1) is 13.4. The third-order valence-electron chi connectivity index (χ3n) is 4.92. The van der Waals surface area contributed by atoms with Crippen LogP contribution in [0.25, 0.3) is 0 Å². The van der Waals surface area contributed by atoms with Gasteiger partial charge in [-0.3, -0.25) is 4.79 Å². The molecule has 0 aromatic heterocycles. The maximum Gasteiger partial charge on any atom is 0.222 e. The molecule has 0 spiro atoms. The molecule has 0 bridgehead atoms. The van der Waals surface area contributed by atoms with Crippen LogP contribution in [0.15, 0.2) is 5.16 Å². The zero-order valence-corrected chi connectivity index (χ0v) is 20.1. The summed E-state index contributed by atoms with van der Waals surface area (Å²) in [7, 11) is 0. The Morgan fingerprint density at radius 2 is 1.39 bits per heavy atom. The molecule has 0 aliphatic rings. The number of nitrogens with zero attached hydrogens (tertiary/aromatic N) is 2. The highest BCUT2D eigenvalue weighted by molar-refractivity contribution is 8.14. The van der Waals surface area contributed by atoms with E-state index in [4.69, 9.17) is 5.21 Å². The van der Waals surface area contributed by atoms with Gasteiger partial charge in [0.25, 0.3) is 0 Å². The smallest absolute Gasteiger partial charge is 0.222 e. The average Bonchev–Trinajstić information content (AvgIpc) is 2.64. The van der Waals surface area contributed by atoms with Crippen molar-refractivity contribution in [3.8, 4) is 0 Å². The Bertz CT molecular complexity index is 407. The van der Waals surface area contributed by atoms with E-state index >= 15 is 0 Å². The zero-order valence-electron chi connectivity index (χ0n) is 19.3. The number of hydrogen-bond acceptors (Lipinski definition) is 4. The van der Waals surface area contributed by atoms with Gasteiger partial charge in [0.2, 0.25) is 5.91 Å². The molecule has 0 aliphatic heterocycles. The first kappa shape index (κ1) is 27.3. The second-order valence-electron chi connectivity index (χ2n) is 8.82. The van der Waals surface area contributed by atoms with Gasteiger partial charge in [-0.25, -0.2) is 0 Å². The number of thioether (sulfide) groups is 1. The van der Waals surface area contributed by atoms with Gasteiger partial charge in [0.1, 0.15) is 5.04 Å². The van der Waals surface area contributed by atoms with Crippen LogP contribution in [0.2, 0.25) is 0 Å². The molecule has 0 unspecified atom stereocenters. The Kier molecular flexibility index (Phi) is 16.7. The molecule has 1 amide bonds. The van der Waals surface area contributed by atoms with Crippen molar-refractivity contribution < 1.29 is 10.0 Å². The van der Waals surface area contributed by atoms with Gasteiger partial charge in [-0.2, -0.15) is 0 Å². The molecule has 0 fully saturated rings. The minimum atomic E-state index is -0.106. The molecule has 28 heavy (non-hydrogen) atoms. The number of rotatable bonds is 16. The van der Waals surface area contributed by atoms with Crippen molar-refractivity contribution in [1.29, 1.82) is 0 Å². The number of oxime groups is 1. The summed E-state index contributed by atoms with van der Waals surface area (Å²) < 4.78 is 0. The predicted octanol–water partition coefficient (Wildman–Crippen LogP) is 7.10. The Hall–Kier alpha value is -0.710. The molecule has 0 aromatic carbocycles. The number of hydrogen-bond donors (Lipinski definition) is 1. The fraction of sp³-hybridized carbons (Fsp3) is 0.913. The summed E-state index contributed by atoms with van der Waals surface area (Å²) in [5.74, 6) is 1.29. The Morgan fingerprint density at radius 1 is 0.857 bits per heavy atom. The van der Waals surface area contributed by atoms with Crippen molar-refractivity contribution in [2.45, 2.75) is 112 Å². The lowest BCUT2D eigenvalue weighted by molar-refractivity contribution is -0.131.